The Bertz CT molecular complexity index is 316. The minimum absolute atomic E-state index is 0.152. The van der Waals surface area contributed by atoms with Crippen LogP contribution in [0.4, 0.5) is 0 Å². The maximum absolute atomic E-state index is 9.35. The highest BCUT2D eigenvalue weighted by Gasteiger charge is 2.47. The first-order chi connectivity index (χ1) is 6.15. The van der Waals surface area contributed by atoms with Crippen molar-refractivity contribution in [1.82, 2.24) is 0 Å². The maximum Gasteiger partial charge on any atom is 0.115 e. The average molecular weight is 177 g/mol. The van der Waals surface area contributed by atoms with Crippen molar-refractivity contribution in [1.29, 1.82) is 0 Å². The van der Waals surface area contributed by atoms with E-state index in [1.807, 2.05) is 19.1 Å². The lowest BCUT2D eigenvalue weighted by molar-refractivity contribution is 0.471. The average Bonchev–Trinajstić information content (AvgIpc) is 2.83. The number of nitrogens with two attached hydrogens (primary N) is 1. The summed E-state index contributed by atoms with van der Waals surface area (Å²) in [7, 11) is 0. The van der Waals surface area contributed by atoms with Crippen LogP contribution >= 0.6 is 0 Å². The predicted octanol–water partition coefficient (Wildman–Crippen LogP) is 1.77. The van der Waals surface area contributed by atoms with Crippen LogP contribution in [0.3, 0.4) is 0 Å². The molecule has 13 heavy (non-hydrogen) atoms. The topological polar surface area (TPSA) is 46.2 Å². The first-order valence-corrected chi connectivity index (χ1v) is 4.70. The lowest BCUT2D eigenvalue weighted by atomic mass is 9.89. The Morgan fingerprint density at radius 2 is 2.15 bits per heavy atom. The predicted molar refractivity (Wildman–Crippen MR) is 52.7 cm³/mol. The van der Waals surface area contributed by atoms with Crippen molar-refractivity contribution in [3.63, 3.8) is 0 Å². The zero-order valence-electron chi connectivity index (χ0n) is 7.83. The Morgan fingerprint density at radius 3 is 2.62 bits per heavy atom. The number of phenols is 1. The lowest BCUT2D eigenvalue weighted by Gasteiger charge is -2.19. The third-order valence-corrected chi connectivity index (χ3v) is 3.08. The van der Waals surface area contributed by atoms with Gasteiger partial charge in [-0.15, -0.1) is 0 Å². The van der Waals surface area contributed by atoms with Crippen molar-refractivity contribution < 1.29 is 5.11 Å². The number of hydrogen-bond acceptors (Lipinski definition) is 2. The zero-order chi connectivity index (χ0) is 9.47. The zero-order valence-corrected chi connectivity index (χ0v) is 7.83. The quantitative estimate of drug-likeness (QED) is 0.723. The fraction of sp³-hybridized carbons (Fsp3) is 0.455. The van der Waals surface area contributed by atoms with Crippen LogP contribution < -0.4 is 5.73 Å². The molecule has 2 rings (SSSR count). The summed E-state index contributed by atoms with van der Waals surface area (Å²) in [6, 6.07) is 7.63. The van der Waals surface area contributed by atoms with Crippen LogP contribution in [0.2, 0.25) is 0 Å². The van der Waals surface area contributed by atoms with E-state index in [2.05, 4.69) is 6.07 Å². The normalized spacial score (nSPS) is 21.1. The maximum atomic E-state index is 9.35. The SMILES string of the molecule is CC(N)C1(c2cccc(O)c2)CC1. The van der Waals surface area contributed by atoms with Gasteiger partial charge in [-0.2, -0.15) is 0 Å². The van der Waals surface area contributed by atoms with Crippen molar-refractivity contribution in [3.8, 4) is 5.75 Å². The van der Waals surface area contributed by atoms with Crippen molar-refractivity contribution in [2.75, 3.05) is 0 Å². The molecule has 0 heterocycles. The summed E-state index contributed by atoms with van der Waals surface area (Å²) < 4.78 is 0. The van der Waals surface area contributed by atoms with E-state index in [0.29, 0.717) is 5.75 Å². The second-order valence-corrected chi connectivity index (χ2v) is 4.00. The number of hydrogen-bond donors (Lipinski definition) is 2. The van der Waals surface area contributed by atoms with Gasteiger partial charge in [-0.05, 0) is 37.5 Å². The van der Waals surface area contributed by atoms with Crippen LogP contribution in [-0.2, 0) is 5.41 Å². The highest BCUT2D eigenvalue weighted by atomic mass is 16.3. The first kappa shape index (κ1) is 8.57. The van der Waals surface area contributed by atoms with Crippen LogP contribution in [0.25, 0.3) is 0 Å². The second kappa shape index (κ2) is 2.74. The van der Waals surface area contributed by atoms with Crippen LogP contribution in [0, 0.1) is 0 Å². The fourth-order valence-electron chi connectivity index (χ4n) is 1.96. The Hall–Kier alpha value is -1.02. The minimum Gasteiger partial charge on any atom is -0.508 e. The monoisotopic (exact) mass is 177 g/mol. The van der Waals surface area contributed by atoms with Crippen LogP contribution in [0.15, 0.2) is 24.3 Å². The number of rotatable bonds is 2. The molecule has 1 unspecified atom stereocenters. The molecule has 0 amide bonds. The molecule has 1 aromatic carbocycles. The number of benzene rings is 1. The van der Waals surface area contributed by atoms with Gasteiger partial charge in [-0.25, -0.2) is 0 Å². The van der Waals surface area contributed by atoms with Gasteiger partial charge in [0.1, 0.15) is 5.75 Å². The molecule has 0 radical (unpaired) electrons. The van der Waals surface area contributed by atoms with E-state index in [4.69, 9.17) is 5.73 Å². The van der Waals surface area contributed by atoms with E-state index in [-0.39, 0.29) is 11.5 Å². The standard InChI is InChI=1S/C11H15NO/c1-8(12)11(5-6-11)9-3-2-4-10(13)7-9/h2-4,7-8,13H,5-6,12H2,1H3. The van der Waals surface area contributed by atoms with Crippen molar-refractivity contribution in [2.45, 2.75) is 31.2 Å². The van der Waals surface area contributed by atoms with E-state index in [1.54, 1.807) is 6.07 Å². The molecule has 0 saturated heterocycles. The molecule has 3 N–H and O–H groups in total. The van der Waals surface area contributed by atoms with E-state index >= 15 is 0 Å². The third-order valence-electron chi connectivity index (χ3n) is 3.08. The van der Waals surface area contributed by atoms with Gasteiger partial charge in [-0.1, -0.05) is 12.1 Å². The molecule has 1 aliphatic carbocycles. The van der Waals surface area contributed by atoms with Gasteiger partial charge in [0, 0.05) is 11.5 Å². The Morgan fingerprint density at radius 1 is 1.46 bits per heavy atom. The van der Waals surface area contributed by atoms with Crippen LogP contribution in [0.1, 0.15) is 25.3 Å². The van der Waals surface area contributed by atoms with Gasteiger partial charge >= 0.3 is 0 Å². The first-order valence-electron chi connectivity index (χ1n) is 4.70. The van der Waals surface area contributed by atoms with Crippen molar-refractivity contribution in [2.24, 2.45) is 5.73 Å². The summed E-state index contributed by atoms with van der Waals surface area (Å²) in [5.74, 6) is 0.337. The van der Waals surface area contributed by atoms with Gasteiger partial charge in [0.2, 0.25) is 0 Å². The molecule has 0 aromatic heterocycles. The molecule has 70 valence electrons. The summed E-state index contributed by atoms with van der Waals surface area (Å²) in [6.45, 7) is 2.04. The van der Waals surface area contributed by atoms with Gasteiger partial charge in [0.25, 0.3) is 0 Å². The van der Waals surface area contributed by atoms with Gasteiger partial charge in [0.05, 0.1) is 0 Å². The van der Waals surface area contributed by atoms with E-state index < -0.39 is 0 Å². The van der Waals surface area contributed by atoms with Gasteiger partial charge in [0.15, 0.2) is 0 Å². The van der Waals surface area contributed by atoms with E-state index in [0.717, 1.165) is 12.8 Å². The van der Waals surface area contributed by atoms with E-state index in [1.165, 1.54) is 5.56 Å². The molecule has 1 aliphatic rings. The Kier molecular flexibility index (Phi) is 1.81. The summed E-state index contributed by atoms with van der Waals surface area (Å²) in [4.78, 5) is 0. The molecule has 1 aromatic rings. The summed E-state index contributed by atoms with van der Waals surface area (Å²) in [6.07, 6.45) is 2.29. The smallest absolute Gasteiger partial charge is 0.115 e. The van der Waals surface area contributed by atoms with Crippen LogP contribution in [0.5, 0.6) is 5.75 Å². The molecule has 0 aliphatic heterocycles. The highest BCUT2D eigenvalue weighted by molar-refractivity contribution is 5.38. The Labute approximate surface area is 78.4 Å². The largest absolute Gasteiger partial charge is 0.508 e. The molecule has 1 fully saturated rings. The number of phenolic OH excluding ortho intramolecular Hbond substituents is 1. The summed E-state index contributed by atoms with van der Waals surface area (Å²) in [5, 5.41) is 9.35. The molecule has 1 atom stereocenters. The fourth-order valence-corrected chi connectivity index (χ4v) is 1.96. The van der Waals surface area contributed by atoms with Crippen LogP contribution in [-0.4, -0.2) is 11.1 Å². The summed E-state index contributed by atoms with van der Waals surface area (Å²) >= 11 is 0. The van der Waals surface area contributed by atoms with Crippen molar-refractivity contribution in [3.05, 3.63) is 29.8 Å². The third kappa shape index (κ3) is 1.31. The highest BCUT2D eigenvalue weighted by Crippen LogP contribution is 2.50. The van der Waals surface area contributed by atoms with Gasteiger partial charge < -0.3 is 10.8 Å². The molecule has 0 spiro atoms. The van der Waals surface area contributed by atoms with Crippen molar-refractivity contribution >= 4 is 0 Å². The number of aromatic hydroxyl groups is 1. The Balaban J connectivity index is 2.35. The molecule has 2 nitrogen and oxygen atoms in total. The van der Waals surface area contributed by atoms with Gasteiger partial charge in [-0.3, -0.25) is 0 Å². The van der Waals surface area contributed by atoms with E-state index in [9.17, 15) is 5.11 Å². The minimum atomic E-state index is 0.152. The second-order valence-electron chi connectivity index (χ2n) is 4.00. The molecular formula is C11H15NO. The molecular weight excluding hydrogens is 162 g/mol. The molecule has 2 heteroatoms. The molecule has 1 saturated carbocycles. The summed E-state index contributed by atoms with van der Waals surface area (Å²) in [5.41, 5.74) is 7.27. The molecule has 0 bridgehead atoms. The lowest BCUT2D eigenvalue weighted by Crippen LogP contribution is -2.31.